The summed E-state index contributed by atoms with van der Waals surface area (Å²) in [6.45, 7) is 0. The van der Waals surface area contributed by atoms with Crippen molar-refractivity contribution in [1.82, 2.24) is 9.78 Å². The molecule has 0 fully saturated rings. The topological polar surface area (TPSA) is 60.1 Å². The van der Waals surface area contributed by atoms with Crippen molar-refractivity contribution in [2.45, 2.75) is 0 Å². The van der Waals surface area contributed by atoms with E-state index in [1.165, 1.54) is 59.5 Å². The van der Waals surface area contributed by atoms with Crippen LogP contribution in [0.2, 0.25) is 0 Å². The van der Waals surface area contributed by atoms with Crippen molar-refractivity contribution in [2.75, 3.05) is 5.32 Å². The zero-order valence-corrected chi connectivity index (χ0v) is 13.9. The van der Waals surface area contributed by atoms with E-state index in [2.05, 4.69) is 10.4 Å². The van der Waals surface area contributed by atoms with Crippen LogP contribution in [0.5, 0.6) is 0 Å². The number of carbonyl (C=O) groups excluding carboxylic acids is 1. The van der Waals surface area contributed by atoms with Crippen molar-refractivity contribution in [3.05, 3.63) is 90.3 Å². The standard InChI is InChI=1S/C20H13F2N3O2/c21-13-3-7-15(8-4-13)23-20(26)18-12-17(19-2-1-11-27-19)24-25(18)16-9-5-14(22)6-10-16/h1-12H,(H,23,26). The molecule has 0 spiro atoms. The fourth-order valence-corrected chi connectivity index (χ4v) is 2.60. The van der Waals surface area contributed by atoms with E-state index in [-0.39, 0.29) is 5.69 Å². The van der Waals surface area contributed by atoms with Crippen LogP contribution >= 0.6 is 0 Å². The number of nitrogens with one attached hydrogen (secondary N) is 1. The summed E-state index contributed by atoms with van der Waals surface area (Å²) in [5.41, 5.74) is 1.62. The lowest BCUT2D eigenvalue weighted by atomic mass is 10.2. The fourth-order valence-electron chi connectivity index (χ4n) is 2.60. The predicted octanol–water partition coefficient (Wildman–Crippen LogP) is 4.66. The molecule has 27 heavy (non-hydrogen) atoms. The molecule has 0 aliphatic heterocycles. The average molecular weight is 365 g/mol. The van der Waals surface area contributed by atoms with Crippen molar-refractivity contribution >= 4 is 11.6 Å². The van der Waals surface area contributed by atoms with E-state index in [4.69, 9.17) is 4.42 Å². The van der Waals surface area contributed by atoms with Crippen molar-refractivity contribution in [1.29, 1.82) is 0 Å². The first-order valence-electron chi connectivity index (χ1n) is 8.07. The first-order chi connectivity index (χ1) is 13.1. The van der Waals surface area contributed by atoms with E-state index >= 15 is 0 Å². The Labute approximate surface area is 152 Å². The molecule has 4 aromatic rings. The smallest absolute Gasteiger partial charge is 0.274 e. The molecule has 0 saturated heterocycles. The van der Waals surface area contributed by atoms with Gasteiger partial charge in [0.2, 0.25) is 0 Å². The Kier molecular flexibility index (Phi) is 4.25. The number of furan rings is 1. The van der Waals surface area contributed by atoms with Crippen molar-refractivity contribution in [3.8, 4) is 17.1 Å². The van der Waals surface area contributed by atoms with Crippen LogP contribution in [0.25, 0.3) is 17.1 Å². The number of hydrogen-bond acceptors (Lipinski definition) is 3. The minimum atomic E-state index is -0.448. The Hall–Kier alpha value is -3.74. The summed E-state index contributed by atoms with van der Waals surface area (Å²) in [4.78, 5) is 12.8. The molecule has 0 bridgehead atoms. The second kappa shape index (κ2) is 6.87. The quantitative estimate of drug-likeness (QED) is 0.572. The Bertz CT molecular complexity index is 1070. The van der Waals surface area contributed by atoms with Crippen LogP contribution in [0.1, 0.15) is 10.5 Å². The molecular formula is C20H13F2N3O2. The van der Waals surface area contributed by atoms with Crippen molar-refractivity contribution < 1.29 is 18.0 Å². The third-order valence-corrected chi connectivity index (χ3v) is 3.89. The zero-order chi connectivity index (χ0) is 18.8. The van der Waals surface area contributed by atoms with Crippen LogP contribution in [0.15, 0.2) is 77.4 Å². The second-order valence-electron chi connectivity index (χ2n) is 5.74. The molecule has 0 aliphatic rings. The second-order valence-corrected chi connectivity index (χ2v) is 5.74. The highest BCUT2D eigenvalue weighted by Crippen LogP contribution is 2.23. The van der Waals surface area contributed by atoms with E-state index < -0.39 is 17.5 Å². The van der Waals surface area contributed by atoms with Gasteiger partial charge in [0.15, 0.2) is 5.76 Å². The maximum atomic E-state index is 13.3. The van der Waals surface area contributed by atoms with Gasteiger partial charge in [0.1, 0.15) is 23.0 Å². The highest BCUT2D eigenvalue weighted by molar-refractivity contribution is 6.04. The summed E-state index contributed by atoms with van der Waals surface area (Å²) in [5.74, 6) is -0.748. The Morgan fingerprint density at radius 2 is 1.63 bits per heavy atom. The van der Waals surface area contributed by atoms with Crippen LogP contribution in [0, 0.1) is 11.6 Å². The molecule has 5 nitrogen and oxygen atoms in total. The summed E-state index contributed by atoms with van der Waals surface area (Å²) >= 11 is 0. The number of carbonyl (C=O) groups is 1. The number of halogens is 2. The number of hydrogen-bond donors (Lipinski definition) is 1. The molecule has 0 atom stereocenters. The van der Waals surface area contributed by atoms with Crippen LogP contribution in [0.3, 0.4) is 0 Å². The van der Waals surface area contributed by atoms with Gasteiger partial charge in [-0.05, 0) is 60.7 Å². The summed E-state index contributed by atoms with van der Waals surface area (Å²) in [6, 6.07) is 16.0. The summed E-state index contributed by atoms with van der Waals surface area (Å²) in [7, 11) is 0. The first kappa shape index (κ1) is 16.7. The number of benzene rings is 2. The normalized spacial score (nSPS) is 10.7. The number of aromatic nitrogens is 2. The van der Waals surface area contributed by atoms with Gasteiger partial charge >= 0.3 is 0 Å². The van der Waals surface area contributed by atoms with Crippen molar-refractivity contribution in [2.24, 2.45) is 0 Å². The summed E-state index contributed by atoms with van der Waals surface area (Å²) in [5, 5.41) is 7.10. The first-order valence-corrected chi connectivity index (χ1v) is 8.07. The van der Waals surface area contributed by atoms with Gasteiger partial charge in [-0.15, -0.1) is 0 Å². The van der Waals surface area contributed by atoms with Gasteiger partial charge in [0.25, 0.3) is 5.91 Å². The van der Waals surface area contributed by atoms with E-state index in [1.807, 2.05) is 0 Å². The molecule has 1 amide bonds. The molecule has 0 unspecified atom stereocenters. The maximum Gasteiger partial charge on any atom is 0.274 e. The summed E-state index contributed by atoms with van der Waals surface area (Å²) < 4.78 is 33.1. The highest BCUT2D eigenvalue weighted by atomic mass is 19.1. The van der Waals surface area contributed by atoms with Crippen molar-refractivity contribution in [3.63, 3.8) is 0 Å². The molecule has 134 valence electrons. The van der Waals surface area contributed by atoms with Gasteiger partial charge in [-0.3, -0.25) is 4.79 Å². The lowest BCUT2D eigenvalue weighted by Crippen LogP contribution is -2.17. The zero-order valence-electron chi connectivity index (χ0n) is 13.9. The van der Waals surface area contributed by atoms with Crippen LogP contribution in [-0.2, 0) is 0 Å². The molecule has 2 aromatic carbocycles. The minimum Gasteiger partial charge on any atom is -0.463 e. The highest BCUT2D eigenvalue weighted by Gasteiger charge is 2.19. The van der Waals surface area contributed by atoms with Crippen LogP contribution in [-0.4, -0.2) is 15.7 Å². The third-order valence-electron chi connectivity index (χ3n) is 3.89. The van der Waals surface area contributed by atoms with Gasteiger partial charge in [-0.25, -0.2) is 13.5 Å². The molecule has 7 heteroatoms. The van der Waals surface area contributed by atoms with E-state index in [0.717, 1.165) is 0 Å². The Balaban J connectivity index is 1.74. The van der Waals surface area contributed by atoms with Gasteiger partial charge in [-0.1, -0.05) is 0 Å². The lowest BCUT2D eigenvalue weighted by Gasteiger charge is -2.08. The largest absolute Gasteiger partial charge is 0.463 e. The minimum absolute atomic E-state index is 0.220. The Morgan fingerprint density at radius 3 is 2.26 bits per heavy atom. The summed E-state index contributed by atoms with van der Waals surface area (Å²) in [6.07, 6.45) is 1.50. The number of anilines is 1. The number of amides is 1. The monoisotopic (exact) mass is 365 g/mol. The van der Waals surface area contributed by atoms with E-state index in [0.29, 0.717) is 22.8 Å². The van der Waals surface area contributed by atoms with Gasteiger partial charge < -0.3 is 9.73 Å². The molecule has 2 aromatic heterocycles. The Morgan fingerprint density at radius 1 is 0.963 bits per heavy atom. The third kappa shape index (κ3) is 3.48. The fraction of sp³-hybridized carbons (Fsp3) is 0. The van der Waals surface area contributed by atoms with Crippen LogP contribution in [0.4, 0.5) is 14.5 Å². The molecule has 4 rings (SSSR count). The lowest BCUT2D eigenvalue weighted by molar-refractivity contribution is 0.101. The molecular weight excluding hydrogens is 352 g/mol. The maximum absolute atomic E-state index is 13.3. The van der Waals surface area contributed by atoms with Gasteiger partial charge in [0, 0.05) is 11.8 Å². The molecule has 0 radical (unpaired) electrons. The van der Waals surface area contributed by atoms with E-state index in [9.17, 15) is 13.6 Å². The van der Waals surface area contributed by atoms with Gasteiger partial charge in [0.05, 0.1) is 12.0 Å². The predicted molar refractivity (Wildman–Crippen MR) is 95.6 cm³/mol. The van der Waals surface area contributed by atoms with Crippen LogP contribution < -0.4 is 5.32 Å². The van der Waals surface area contributed by atoms with Gasteiger partial charge in [-0.2, -0.15) is 5.10 Å². The molecule has 0 aliphatic carbocycles. The average Bonchev–Trinajstić information content (AvgIpc) is 3.33. The molecule has 2 heterocycles. The number of rotatable bonds is 4. The van der Waals surface area contributed by atoms with E-state index in [1.54, 1.807) is 18.2 Å². The number of nitrogens with zero attached hydrogens (tertiary/aromatic N) is 2. The molecule has 0 saturated carbocycles. The molecule has 1 N–H and O–H groups in total. The SMILES string of the molecule is O=C(Nc1ccc(F)cc1)c1cc(-c2ccco2)nn1-c1ccc(F)cc1.